The molecule has 0 spiro atoms. The second-order valence-corrected chi connectivity index (χ2v) is 8.76. The molecular formula is C26H33N3O5. The van der Waals surface area contributed by atoms with Gasteiger partial charge in [-0.25, -0.2) is 0 Å². The number of ether oxygens (including phenoxy) is 2. The van der Waals surface area contributed by atoms with Crippen LogP contribution in [0.25, 0.3) is 0 Å². The summed E-state index contributed by atoms with van der Waals surface area (Å²) in [5, 5.41) is 8.59. The summed E-state index contributed by atoms with van der Waals surface area (Å²) in [6.45, 7) is 3.77. The van der Waals surface area contributed by atoms with Crippen LogP contribution in [0.1, 0.15) is 25.0 Å². The molecule has 4 atom stereocenters. The first-order chi connectivity index (χ1) is 16.3. The number of ketones is 1. The van der Waals surface area contributed by atoms with Crippen LogP contribution in [0.3, 0.4) is 0 Å². The Morgan fingerprint density at radius 3 is 2.06 bits per heavy atom. The van der Waals surface area contributed by atoms with Gasteiger partial charge in [-0.3, -0.25) is 14.4 Å². The number of hydrogen-bond donors (Lipinski definition) is 3. The summed E-state index contributed by atoms with van der Waals surface area (Å²) in [7, 11) is 3.26. The van der Waals surface area contributed by atoms with Crippen molar-refractivity contribution in [1.82, 2.24) is 16.0 Å². The van der Waals surface area contributed by atoms with Crippen LogP contribution >= 0.6 is 0 Å². The number of nitrogens with one attached hydrogen (secondary N) is 3. The minimum atomic E-state index is -0.887. The van der Waals surface area contributed by atoms with Gasteiger partial charge in [-0.15, -0.1) is 0 Å². The summed E-state index contributed by atoms with van der Waals surface area (Å²) in [5.41, 5.74) is 0.883. The summed E-state index contributed by atoms with van der Waals surface area (Å²) in [6.07, 6.45) is 0.596. The first-order valence-corrected chi connectivity index (χ1v) is 11.4. The molecule has 3 N–H and O–H groups in total. The minimum Gasteiger partial charge on any atom is -0.497 e. The smallest absolute Gasteiger partial charge is 0.243 e. The predicted molar refractivity (Wildman–Crippen MR) is 129 cm³/mol. The third-order valence-corrected chi connectivity index (χ3v) is 6.07. The number of amides is 2. The first-order valence-electron chi connectivity index (χ1n) is 11.4. The predicted octanol–water partition coefficient (Wildman–Crippen LogP) is 1.42. The highest BCUT2D eigenvalue weighted by molar-refractivity contribution is 5.98. The molecular weight excluding hydrogens is 434 g/mol. The highest BCUT2D eigenvalue weighted by atomic mass is 16.6. The lowest BCUT2D eigenvalue weighted by Crippen LogP contribution is -2.56. The molecule has 182 valence electrons. The van der Waals surface area contributed by atoms with Crippen molar-refractivity contribution in [3.05, 3.63) is 65.7 Å². The van der Waals surface area contributed by atoms with Crippen molar-refractivity contribution < 1.29 is 23.9 Å². The second-order valence-electron chi connectivity index (χ2n) is 8.76. The van der Waals surface area contributed by atoms with Crippen LogP contribution in [0, 0.1) is 0 Å². The van der Waals surface area contributed by atoms with Crippen molar-refractivity contribution >= 4 is 17.6 Å². The SMILES string of the molecule is CNC(C)C(=O)N[C@@H](Cc1ccc(OC)cc1)C(=O)NC(Cc1ccccc1)C(=O)[C@@]1(C)CO1. The van der Waals surface area contributed by atoms with Gasteiger partial charge in [0.05, 0.1) is 25.8 Å². The standard InChI is InChI=1S/C26H33N3O5/c1-17(27-3)24(31)29-22(15-19-10-12-20(33-4)13-11-19)25(32)28-21(23(30)26(2)16-34-26)14-18-8-6-5-7-9-18/h5-13,17,21-22,27H,14-16H2,1-4H3,(H,28,32)(H,29,31)/t17?,21?,22-,26+/m0/s1. The minimum absolute atomic E-state index is 0.178. The van der Waals surface area contributed by atoms with E-state index < -0.39 is 29.6 Å². The van der Waals surface area contributed by atoms with E-state index in [9.17, 15) is 14.4 Å². The van der Waals surface area contributed by atoms with Crippen molar-refractivity contribution in [2.75, 3.05) is 20.8 Å². The number of likely N-dealkylation sites (N-methyl/N-ethyl adjacent to an activating group) is 1. The molecule has 2 aromatic rings. The molecule has 0 bridgehead atoms. The Morgan fingerprint density at radius 2 is 1.50 bits per heavy atom. The van der Waals surface area contributed by atoms with Crippen molar-refractivity contribution in [3.8, 4) is 5.75 Å². The molecule has 1 aliphatic heterocycles. The fourth-order valence-corrected chi connectivity index (χ4v) is 3.58. The zero-order chi connectivity index (χ0) is 24.7. The van der Waals surface area contributed by atoms with E-state index in [1.165, 1.54) is 0 Å². The van der Waals surface area contributed by atoms with Gasteiger partial charge in [0.1, 0.15) is 17.4 Å². The molecule has 8 nitrogen and oxygen atoms in total. The van der Waals surface area contributed by atoms with Crippen LogP contribution in [0.4, 0.5) is 0 Å². The average Bonchev–Trinajstić information content (AvgIpc) is 3.61. The van der Waals surface area contributed by atoms with Crippen LogP contribution < -0.4 is 20.7 Å². The third kappa shape index (κ3) is 6.65. The van der Waals surface area contributed by atoms with E-state index in [4.69, 9.17) is 9.47 Å². The number of carbonyl (C=O) groups is 3. The normalized spacial score (nSPS) is 19.4. The zero-order valence-electron chi connectivity index (χ0n) is 20.1. The van der Waals surface area contributed by atoms with Gasteiger partial charge < -0.3 is 25.4 Å². The van der Waals surface area contributed by atoms with Crippen molar-refractivity contribution in [2.24, 2.45) is 0 Å². The lowest BCUT2D eigenvalue weighted by atomic mass is 9.94. The molecule has 1 saturated heterocycles. The fraction of sp³-hybridized carbons (Fsp3) is 0.423. The van der Waals surface area contributed by atoms with Gasteiger partial charge in [0.2, 0.25) is 11.8 Å². The van der Waals surface area contributed by atoms with E-state index in [1.54, 1.807) is 40.1 Å². The molecule has 2 unspecified atom stereocenters. The molecule has 1 aliphatic rings. The zero-order valence-corrected chi connectivity index (χ0v) is 20.1. The van der Waals surface area contributed by atoms with Crippen LogP contribution in [0.5, 0.6) is 5.75 Å². The topological polar surface area (TPSA) is 109 Å². The van der Waals surface area contributed by atoms with Gasteiger partial charge in [-0.1, -0.05) is 42.5 Å². The lowest BCUT2D eigenvalue weighted by Gasteiger charge is -2.25. The van der Waals surface area contributed by atoms with Crippen molar-refractivity contribution in [3.63, 3.8) is 0 Å². The second kappa shape index (κ2) is 11.3. The van der Waals surface area contributed by atoms with E-state index in [1.807, 2.05) is 42.5 Å². The molecule has 1 fully saturated rings. The Morgan fingerprint density at radius 1 is 0.941 bits per heavy atom. The monoisotopic (exact) mass is 467 g/mol. The number of methoxy groups -OCH3 is 1. The quantitative estimate of drug-likeness (QED) is 0.408. The molecule has 2 amide bonds. The molecule has 0 saturated carbocycles. The third-order valence-electron chi connectivity index (χ3n) is 6.07. The van der Waals surface area contributed by atoms with Gasteiger partial charge >= 0.3 is 0 Å². The van der Waals surface area contributed by atoms with E-state index in [0.29, 0.717) is 18.8 Å². The van der Waals surface area contributed by atoms with Crippen LogP contribution in [0.2, 0.25) is 0 Å². The van der Waals surface area contributed by atoms with Gasteiger partial charge in [0, 0.05) is 6.42 Å². The van der Waals surface area contributed by atoms with E-state index >= 15 is 0 Å². The van der Waals surface area contributed by atoms with Gasteiger partial charge in [0.15, 0.2) is 5.78 Å². The number of hydrogen-bond acceptors (Lipinski definition) is 6. The Bertz CT molecular complexity index is 989. The molecule has 8 heteroatoms. The number of benzene rings is 2. The van der Waals surface area contributed by atoms with Crippen molar-refractivity contribution in [2.45, 2.75) is 50.4 Å². The maximum absolute atomic E-state index is 13.4. The highest BCUT2D eigenvalue weighted by Crippen LogP contribution is 2.29. The highest BCUT2D eigenvalue weighted by Gasteiger charge is 2.50. The fourth-order valence-electron chi connectivity index (χ4n) is 3.58. The van der Waals surface area contributed by atoms with Gasteiger partial charge in [-0.2, -0.15) is 0 Å². The molecule has 0 aliphatic carbocycles. The maximum Gasteiger partial charge on any atom is 0.243 e. The summed E-state index contributed by atoms with van der Waals surface area (Å²) in [4.78, 5) is 39.1. The van der Waals surface area contributed by atoms with E-state index in [-0.39, 0.29) is 18.1 Å². The molecule has 1 heterocycles. The van der Waals surface area contributed by atoms with Crippen LogP contribution in [-0.4, -0.2) is 62.1 Å². The van der Waals surface area contributed by atoms with Crippen molar-refractivity contribution in [1.29, 1.82) is 0 Å². The Hall–Kier alpha value is -3.23. The molecule has 3 rings (SSSR count). The average molecular weight is 468 g/mol. The summed E-state index contributed by atoms with van der Waals surface area (Å²) < 4.78 is 10.6. The summed E-state index contributed by atoms with van der Waals surface area (Å²) >= 11 is 0. The molecule has 0 aromatic heterocycles. The first kappa shape index (κ1) is 25.4. The largest absolute Gasteiger partial charge is 0.497 e. The van der Waals surface area contributed by atoms with Crippen LogP contribution in [0.15, 0.2) is 54.6 Å². The Labute approximate surface area is 200 Å². The Kier molecular flexibility index (Phi) is 8.41. The lowest BCUT2D eigenvalue weighted by molar-refractivity contribution is -0.133. The molecule has 2 aromatic carbocycles. The summed E-state index contributed by atoms with van der Waals surface area (Å²) in [5.74, 6) is -0.211. The van der Waals surface area contributed by atoms with Crippen LogP contribution in [-0.2, 0) is 32.0 Å². The van der Waals surface area contributed by atoms with E-state index in [0.717, 1.165) is 11.1 Å². The number of epoxide rings is 1. The maximum atomic E-state index is 13.4. The molecule has 0 radical (unpaired) electrons. The Balaban J connectivity index is 1.80. The van der Waals surface area contributed by atoms with E-state index in [2.05, 4.69) is 16.0 Å². The van der Waals surface area contributed by atoms with Gasteiger partial charge in [0.25, 0.3) is 0 Å². The number of carbonyl (C=O) groups excluding carboxylic acids is 3. The summed E-state index contributed by atoms with van der Waals surface area (Å²) in [6, 6.07) is 14.7. The number of rotatable bonds is 12. The van der Waals surface area contributed by atoms with Gasteiger partial charge in [-0.05, 0) is 50.6 Å². The number of Topliss-reactive ketones (excluding diaryl/α,β-unsaturated/α-hetero) is 1. The molecule has 34 heavy (non-hydrogen) atoms.